The van der Waals surface area contributed by atoms with Gasteiger partial charge in [0.05, 0.1) is 16.6 Å². The Bertz CT molecular complexity index is 1610. The van der Waals surface area contributed by atoms with Gasteiger partial charge in [-0.2, -0.15) is 5.10 Å². The van der Waals surface area contributed by atoms with E-state index in [1.165, 1.54) is 0 Å². The Hall–Kier alpha value is -4.23. The average Bonchev–Trinajstić information content (AvgIpc) is 3.65. The molecule has 0 spiro atoms. The molecule has 0 amide bonds. The van der Waals surface area contributed by atoms with Crippen LogP contribution in [-0.2, 0) is 0 Å². The van der Waals surface area contributed by atoms with Gasteiger partial charge in [0.15, 0.2) is 5.82 Å². The Morgan fingerprint density at radius 3 is 2.67 bits per heavy atom. The Balaban J connectivity index is 1.77. The fourth-order valence-electron chi connectivity index (χ4n) is 4.51. The molecule has 0 bridgehead atoms. The zero-order valence-electron chi connectivity index (χ0n) is 22.9. The maximum atomic E-state index is 16.2. The number of imidazole rings is 1. The molecule has 0 radical (unpaired) electrons. The number of hydrogen-bond donors (Lipinski definition) is 3. The highest BCUT2D eigenvalue weighted by Gasteiger charge is 2.22. The fourth-order valence-corrected chi connectivity index (χ4v) is 5.26. The fraction of sp³-hybridized carbons (Fsp3) is 0.188. The van der Waals surface area contributed by atoms with Crippen LogP contribution in [0, 0.1) is 18.7 Å². The van der Waals surface area contributed by atoms with Crippen molar-refractivity contribution in [3.05, 3.63) is 119 Å². The minimum absolute atomic E-state index is 0.374. The number of aromatic amines is 2. The summed E-state index contributed by atoms with van der Waals surface area (Å²) in [5, 5.41) is 13.1. The zero-order chi connectivity index (χ0) is 28.1. The van der Waals surface area contributed by atoms with Crippen LogP contribution in [0.15, 0.2) is 91.2 Å². The molecule has 0 aliphatic rings. The molecule has 0 aliphatic carbocycles. The highest BCUT2D eigenvalue weighted by atomic mass is 32.1. The van der Waals surface area contributed by atoms with Crippen molar-refractivity contribution >= 4 is 33.4 Å². The molecule has 3 N–H and O–H groups in total. The van der Waals surface area contributed by atoms with Crippen molar-refractivity contribution in [1.29, 1.82) is 0 Å². The number of benzene rings is 1. The Labute approximate surface area is 233 Å². The lowest BCUT2D eigenvalue weighted by Gasteiger charge is -2.14. The van der Waals surface area contributed by atoms with Crippen molar-refractivity contribution in [2.45, 2.75) is 34.1 Å². The Morgan fingerprint density at radius 2 is 2.03 bits per heavy atom. The van der Waals surface area contributed by atoms with Gasteiger partial charge in [0.25, 0.3) is 0 Å². The normalized spacial score (nSPS) is 12.8. The summed E-state index contributed by atoms with van der Waals surface area (Å²) in [7, 11) is 0. The largest absolute Gasteiger partial charge is 0.359 e. The highest BCUT2D eigenvalue weighted by molar-refractivity contribution is 7.11. The molecule has 4 rings (SSSR count). The quantitative estimate of drug-likeness (QED) is 0.167. The molecule has 7 heteroatoms. The van der Waals surface area contributed by atoms with Crippen LogP contribution >= 0.6 is 11.3 Å². The molecule has 5 nitrogen and oxygen atoms in total. The summed E-state index contributed by atoms with van der Waals surface area (Å²) in [5.74, 6) is 0.587. The number of aromatic nitrogens is 4. The molecule has 3 aromatic heterocycles. The molecule has 4 aromatic rings. The zero-order valence-corrected chi connectivity index (χ0v) is 23.7. The van der Waals surface area contributed by atoms with Gasteiger partial charge in [0.2, 0.25) is 0 Å². The van der Waals surface area contributed by atoms with Crippen molar-refractivity contribution in [3.63, 3.8) is 0 Å². The Kier molecular flexibility index (Phi) is 8.62. The molecule has 200 valence electrons. The molecular weight excluding hydrogens is 505 g/mol. The first-order chi connectivity index (χ1) is 18.8. The predicted octanol–water partition coefficient (Wildman–Crippen LogP) is 8.70. The first-order valence-electron chi connectivity index (χ1n) is 12.8. The summed E-state index contributed by atoms with van der Waals surface area (Å²) >= 11 is 1.63. The summed E-state index contributed by atoms with van der Waals surface area (Å²) in [6.07, 6.45) is 9.98. The van der Waals surface area contributed by atoms with Crippen molar-refractivity contribution in [1.82, 2.24) is 25.5 Å². The monoisotopic (exact) mass is 539 g/mol. The van der Waals surface area contributed by atoms with E-state index in [0.717, 1.165) is 39.7 Å². The van der Waals surface area contributed by atoms with Gasteiger partial charge in [-0.25, -0.2) is 9.37 Å². The number of halogens is 1. The minimum Gasteiger partial charge on any atom is -0.359 e. The van der Waals surface area contributed by atoms with Crippen LogP contribution in [0.25, 0.3) is 33.6 Å². The lowest BCUT2D eigenvalue weighted by atomic mass is 10.0. The van der Waals surface area contributed by atoms with Crippen LogP contribution in [0.4, 0.5) is 4.39 Å². The summed E-state index contributed by atoms with van der Waals surface area (Å²) in [4.78, 5) is 9.25. The van der Waals surface area contributed by atoms with Gasteiger partial charge in [0, 0.05) is 33.1 Å². The summed E-state index contributed by atoms with van der Waals surface area (Å²) in [6.45, 7) is 20.0. The maximum Gasteiger partial charge on any atom is 0.159 e. The summed E-state index contributed by atoms with van der Waals surface area (Å²) in [5.41, 5.74) is 6.41. The second-order valence-electron chi connectivity index (χ2n) is 9.65. The van der Waals surface area contributed by atoms with Gasteiger partial charge >= 0.3 is 0 Å². The summed E-state index contributed by atoms with van der Waals surface area (Å²) in [6, 6.07) is 7.64. The van der Waals surface area contributed by atoms with E-state index in [9.17, 15) is 0 Å². The van der Waals surface area contributed by atoms with Gasteiger partial charge < -0.3 is 10.3 Å². The SMILES string of the molecule is C=C/C=C(/c1cccs1)c1nc(-c2n[nH]c3ccc(C(/C=C(\C=C)NC(=C)CC(C)C)=C/C)c(F)c23)[nH]c1C. The van der Waals surface area contributed by atoms with Crippen molar-refractivity contribution in [2.75, 3.05) is 0 Å². The highest BCUT2D eigenvalue weighted by Crippen LogP contribution is 2.35. The van der Waals surface area contributed by atoms with E-state index in [0.29, 0.717) is 39.5 Å². The number of thiophene rings is 1. The molecule has 39 heavy (non-hydrogen) atoms. The van der Waals surface area contributed by atoms with Crippen LogP contribution in [0.1, 0.15) is 49.0 Å². The van der Waals surface area contributed by atoms with Crippen LogP contribution in [0.5, 0.6) is 0 Å². The molecule has 0 aliphatic heterocycles. The third-order valence-corrected chi connectivity index (χ3v) is 7.13. The van der Waals surface area contributed by atoms with Gasteiger partial charge in [0.1, 0.15) is 11.5 Å². The number of fused-ring (bicyclic) bond motifs is 1. The molecule has 3 heterocycles. The van der Waals surface area contributed by atoms with E-state index >= 15 is 4.39 Å². The molecule has 0 atom stereocenters. The lowest BCUT2D eigenvalue weighted by Crippen LogP contribution is -2.12. The molecule has 0 fully saturated rings. The van der Waals surface area contributed by atoms with E-state index in [-0.39, 0.29) is 5.82 Å². The number of aryl methyl sites for hydroxylation is 1. The maximum absolute atomic E-state index is 16.2. The van der Waals surface area contributed by atoms with Crippen LogP contribution in [-0.4, -0.2) is 20.2 Å². The Morgan fingerprint density at radius 1 is 1.23 bits per heavy atom. The van der Waals surface area contributed by atoms with E-state index < -0.39 is 0 Å². The second-order valence-corrected chi connectivity index (χ2v) is 10.6. The number of hydrogen-bond acceptors (Lipinski definition) is 4. The second kappa shape index (κ2) is 12.1. The molecule has 0 unspecified atom stereocenters. The van der Waals surface area contributed by atoms with E-state index in [4.69, 9.17) is 4.98 Å². The van der Waals surface area contributed by atoms with Gasteiger partial charge in [-0.3, -0.25) is 5.10 Å². The number of nitrogens with zero attached hydrogens (tertiary/aromatic N) is 2. The van der Waals surface area contributed by atoms with Crippen molar-refractivity contribution in [2.24, 2.45) is 5.92 Å². The molecule has 0 saturated heterocycles. The average molecular weight is 540 g/mol. The third-order valence-electron chi connectivity index (χ3n) is 6.23. The molecule has 1 aromatic carbocycles. The smallest absolute Gasteiger partial charge is 0.159 e. The van der Waals surface area contributed by atoms with Crippen molar-refractivity contribution in [3.8, 4) is 11.5 Å². The van der Waals surface area contributed by atoms with Crippen LogP contribution < -0.4 is 5.32 Å². The van der Waals surface area contributed by atoms with Gasteiger partial charge in [-0.05, 0) is 67.5 Å². The number of nitrogens with one attached hydrogen (secondary N) is 3. The van der Waals surface area contributed by atoms with E-state index in [1.54, 1.807) is 29.6 Å². The molecular formula is C32H34FN5S. The molecule has 0 saturated carbocycles. The van der Waals surface area contributed by atoms with Crippen molar-refractivity contribution < 1.29 is 4.39 Å². The topological polar surface area (TPSA) is 69.4 Å². The standard InChI is InChI=1S/C32H34FN5S/c1-8-12-25(27-13-11-16-39-27)30-21(7)35-32(36-30)31-28-26(37-38-31)15-14-24(29(28)33)22(9-2)18-23(10-3)34-20(6)17-19(4)5/h8-16,18-19,34H,1,3,6,17H2,2,4-5,7H3,(H,35,36)(H,37,38)/b22-9+,23-18+,25-12-. The summed E-state index contributed by atoms with van der Waals surface area (Å²) < 4.78 is 16.2. The lowest BCUT2D eigenvalue weighted by molar-refractivity contribution is 0.622. The van der Waals surface area contributed by atoms with Crippen LogP contribution in [0.3, 0.4) is 0 Å². The van der Waals surface area contributed by atoms with Crippen LogP contribution in [0.2, 0.25) is 0 Å². The number of H-pyrrole nitrogens is 2. The van der Waals surface area contributed by atoms with Gasteiger partial charge in [-0.15, -0.1) is 11.3 Å². The first-order valence-corrected chi connectivity index (χ1v) is 13.7. The number of allylic oxidation sites excluding steroid dienone is 7. The predicted molar refractivity (Wildman–Crippen MR) is 164 cm³/mol. The third kappa shape index (κ3) is 5.94. The minimum atomic E-state index is -0.374. The van der Waals surface area contributed by atoms with E-state index in [1.807, 2.05) is 55.7 Å². The van der Waals surface area contributed by atoms with Gasteiger partial charge in [-0.1, -0.05) is 57.9 Å². The van der Waals surface area contributed by atoms with E-state index in [2.05, 4.69) is 54.1 Å². The first kappa shape index (κ1) is 27.8. The number of rotatable bonds is 11.